The number of rotatable bonds is 14. The average Bonchev–Trinajstić information content (AvgIpc) is 2.89. The van der Waals surface area contributed by atoms with Crippen LogP contribution in [0.25, 0.3) is 0 Å². The van der Waals surface area contributed by atoms with E-state index in [1.165, 1.54) is 0 Å². The molecular formula is C26H26Br4O4. The van der Waals surface area contributed by atoms with E-state index >= 15 is 0 Å². The Labute approximate surface area is 234 Å². The van der Waals surface area contributed by atoms with Crippen LogP contribution in [0.4, 0.5) is 0 Å². The third-order valence-corrected chi connectivity index (χ3v) is 7.37. The molecule has 3 rings (SSSR count). The molecule has 0 atom stereocenters. The molecule has 0 aromatic heterocycles. The van der Waals surface area contributed by atoms with E-state index in [1.54, 1.807) is 0 Å². The van der Waals surface area contributed by atoms with Crippen molar-refractivity contribution in [2.45, 2.75) is 21.3 Å². The molecule has 3 aromatic carbocycles. The summed E-state index contributed by atoms with van der Waals surface area (Å²) in [4.78, 5) is 0. The number of hydrogen-bond acceptors (Lipinski definition) is 4. The smallest absolute Gasteiger partial charge is 0.161 e. The molecule has 0 aliphatic rings. The Morgan fingerprint density at radius 3 is 1.06 bits per heavy atom. The molecule has 0 aliphatic carbocycles. The van der Waals surface area contributed by atoms with Gasteiger partial charge in [0.1, 0.15) is 37.9 Å². The zero-order valence-electron chi connectivity index (χ0n) is 18.6. The van der Waals surface area contributed by atoms with Crippen LogP contribution < -0.4 is 18.9 Å². The van der Waals surface area contributed by atoms with Gasteiger partial charge in [-0.3, -0.25) is 0 Å². The molecule has 0 spiro atoms. The van der Waals surface area contributed by atoms with Gasteiger partial charge in [0.05, 0.1) is 0 Å². The van der Waals surface area contributed by atoms with E-state index in [4.69, 9.17) is 18.9 Å². The Morgan fingerprint density at radius 1 is 0.412 bits per heavy atom. The van der Waals surface area contributed by atoms with Crippen molar-refractivity contribution in [2.24, 2.45) is 0 Å². The van der Waals surface area contributed by atoms with Crippen LogP contribution in [-0.2, 0) is 21.3 Å². The molecule has 0 saturated carbocycles. The van der Waals surface area contributed by atoms with Crippen LogP contribution in [-0.4, -0.2) is 26.4 Å². The number of halogens is 4. The molecule has 4 nitrogen and oxygen atoms in total. The normalized spacial score (nSPS) is 10.7. The maximum absolute atomic E-state index is 6.05. The number of benzene rings is 3. The highest BCUT2D eigenvalue weighted by Crippen LogP contribution is 2.30. The lowest BCUT2D eigenvalue weighted by atomic mass is 10.1. The van der Waals surface area contributed by atoms with E-state index in [0.717, 1.165) is 55.1 Å². The summed E-state index contributed by atoms with van der Waals surface area (Å²) in [7, 11) is 0. The SMILES string of the molecule is BrCc1cccc(CBr)c1OCCOc1ccccc1OCCOc1c(CBr)cccc1CBr. The van der Waals surface area contributed by atoms with Crippen molar-refractivity contribution in [1.29, 1.82) is 0 Å². The highest BCUT2D eigenvalue weighted by molar-refractivity contribution is 9.09. The summed E-state index contributed by atoms with van der Waals surface area (Å²) in [6.07, 6.45) is 0. The Morgan fingerprint density at radius 2 is 0.735 bits per heavy atom. The fourth-order valence-corrected chi connectivity index (χ4v) is 5.11. The second kappa shape index (κ2) is 15.0. The lowest BCUT2D eigenvalue weighted by Gasteiger charge is -2.16. The van der Waals surface area contributed by atoms with Crippen LogP contribution >= 0.6 is 63.7 Å². The van der Waals surface area contributed by atoms with Gasteiger partial charge in [-0.1, -0.05) is 112 Å². The summed E-state index contributed by atoms with van der Waals surface area (Å²) in [6, 6.07) is 19.9. The van der Waals surface area contributed by atoms with Crippen molar-refractivity contribution >= 4 is 63.7 Å². The summed E-state index contributed by atoms with van der Waals surface area (Å²) in [5.74, 6) is 3.16. The van der Waals surface area contributed by atoms with Gasteiger partial charge in [0.2, 0.25) is 0 Å². The highest BCUT2D eigenvalue weighted by Gasteiger charge is 2.11. The first-order valence-electron chi connectivity index (χ1n) is 10.8. The minimum Gasteiger partial charge on any atom is -0.489 e. The summed E-state index contributed by atoms with van der Waals surface area (Å²) >= 11 is 14.1. The third-order valence-electron chi connectivity index (χ3n) is 4.96. The summed E-state index contributed by atoms with van der Waals surface area (Å²) in [5.41, 5.74) is 4.46. The Bertz CT molecular complexity index is 918. The molecule has 0 heterocycles. The van der Waals surface area contributed by atoms with Crippen LogP contribution in [0.2, 0.25) is 0 Å². The Balaban J connectivity index is 1.51. The monoisotopic (exact) mass is 718 g/mol. The summed E-state index contributed by atoms with van der Waals surface area (Å²) in [6.45, 7) is 1.67. The van der Waals surface area contributed by atoms with Crippen molar-refractivity contribution < 1.29 is 18.9 Å². The van der Waals surface area contributed by atoms with Gasteiger partial charge >= 0.3 is 0 Å². The Hall–Kier alpha value is -1.22. The molecule has 0 N–H and O–H groups in total. The van der Waals surface area contributed by atoms with Gasteiger partial charge in [-0.2, -0.15) is 0 Å². The second-order valence-electron chi connectivity index (χ2n) is 7.19. The molecule has 0 unspecified atom stereocenters. The van der Waals surface area contributed by atoms with E-state index in [1.807, 2.05) is 36.4 Å². The zero-order valence-corrected chi connectivity index (χ0v) is 24.9. The fourth-order valence-electron chi connectivity index (χ4n) is 3.35. The average molecular weight is 722 g/mol. The zero-order chi connectivity index (χ0) is 24.2. The van der Waals surface area contributed by atoms with Crippen molar-refractivity contribution in [3.63, 3.8) is 0 Å². The van der Waals surface area contributed by atoms with E-state index < -0.39 is 0 Å². The highest BCUT2D eigenvalue weighted by atomic mass is 79.9. The quantitative estimate of drug-likeness (QED) is 0.124. The molecule has 182 valence electrons. The van der Waals surface area contributed by atoms with E-state index in [2.05, 4.69) is 88.0 Å². The standard InChI is InChI=1S/C26H26Br4O4/c27-15-19-5-3-6-20(16-28)25(19)33-13-11-31-23-9-1-2-10-24(23)32-12-14-34-26-21(17-29)7-4-8-22(26)18-30/h1-10H,11-18H2. The van der Waals surface area contributed by atoms with Crippen molar-refractivity contribution in [3.8, 4) is 23.0 Å². The van der Waals surface area contributed by atoms with E-state index in [-0.39, 0.29) is 0 Å². The first-order chi connectivity index (χ1) is 16.7. The molecule has 0 fully saturated rings. The predicted molar refractivity (Wildman–Crippen MR) is 152 cm³/mol. The van der Waals surface area contributed by atoms with Gasteiger partial charge in [0.25, 0.3) is 0 Å². The van der Waals surface area contributed by atoms with Crippen molar-refractivity contribution in [2.75, 3.05) is 26.4 Å². The van der Waals surface area contributed by atoms with Gasteiger partial charge in [-0.25, -0.2) is 0 Å². The van der Waals surface area contributed by atoms with Gasteiger partial charge in [-0.05, 0) is 12.1 Å². The van der Waals surface area contributed by atoms with Crippen LogP contribution in [0.15, 0.2) is 60.7 Å². The fraction of sp³-hybridized carbons (Fsp3) is 0.308. The second-order valence-corrected chi connectivity index (χ2v) is 9.43. The molecule has 0 amide bonds. The largest absolute Gasteiger partial charge is 0.489 e. The molecule has 8 heteroatoms. The topological polar surface area (TPSA) is 36.9 Å². The summed E-state index contributed by atoms with van der Waals surface area (Å²) in [5, 5.41) is 2.94. The molecular weight excluding hydrogens is 696 g/mol. The number of ether oxygens (including phenoxy) is 4. The van der Waals surface area contributed by atoms with Crippen molar-refractivity contribution in [1.82, 2.24) is 0 Å². The first-order valence-corrected chi connectivity index (χ1v) is 15.3. The van der Waals surface area contributed by atoms with E-state index in [0.29, 0.717) is 37.9 Å². The van der Waals surface area contributed by atoms with Crippen LogP contribution in [0.3, 0.4) is 0 Å². The van der Waals surface area contributed by atoms with Gasteiger partial charge in [0, 0.05) is 43.6 Å². The predicted octanol–water partition coefficient (Wildman–Crippen LogP) is 8.18. The maximum atomic E-state index is 6.05. The molecule has 3 aromatic rings. The van der Waals surface area contributed by atoms with Crippen LogP contribution in [0, 0.1) is 0 Å². The van der Waals surface area contributed by atoms with Gasteiger partial charge < -0.3 is 18.9 Å². The molecule has 34 heavy (non-hydrogen) atoms. The van der Waals surface area contributed by atoms with Gasteiger partial charge in [-0.15, -0.1) is 0 Å². The molecule has 0 bridgehead atoms. The lowest BCUT2D eigenvalue weighted by Crippen LogP contribution is -2.13. The van der Waals surface area contributed by atoms with E-state index in [9.17, 15) is 0 Å². The molecule has 0 aliphatic heterocycles. The summed E-state index contributed by atoms with van der Waals surface area (Å²) < 4.78 is 24.0. The Kier molecular flexibility index (Phi) is 12.1. The minimum atomic E-state index is 0.405. The van der Waals surface area contributed by atoms with Crippen LogP contribution in [0.5, 0.6) is 23.0 Å². The first kappa shape index (κ1) is 27.4. The molecule has 0 saturated heterocycles. The van der Waals surface area contributed by atoms with Crippen molar-refractivity contribution in [3.05, 3.63) is 82.9 Å². The lowest BCUT2D eigenvalue weighted by molar-refractivity contribution is 0.190. The van der Waals surface area contributed by atoms with Crippen LogP contribution in [0.1, 0.15) is 22.3 Å². The minimum absolute atomic E-state index is 0.405. The number of hydrogen-bond donors (Lipinski definition) is 0. The molecule has 0 radical (unpaired) electrons. The maximum Gasteiger partial charge on any atom is 0.161 e. The number of alkyl halides is 4. The third kappa shape index (κ3) is 7.64. The number of para-hydroxylation sites is 4. The van der Waals surface area contributed by atoms with Gasteiger partial charge in [0.15, 0.2) is 11.5 Å².